The largest absolute Gasteiger partial charge is 0.399 e. The maximum atomic E-state index is 11.9. The van der Waals surface area contributed by atoms with Crippen molar-refractivity contribution in [2.45, 2.75) is 32.6 Å². The van der Waals surface area contributed by atoms with Gasteiger partial charge < -0.3 is 16.0 Å². The van der Waals surface area contributed by atoms with Crippen molar-refractivity contribution in [2.24, 2.45) is 5.92 Å². The van der Waals surface area contributed by atoms with Gasteiger partial charge in [-0.05, 0) is 56.0 Å². The summed E-state index contributed by atoms with van der Waals surface area (Å²) < 4.78 is 0. The summed E-state index contributed by atoms with van der Waals surface area (Å²) in [7, 11) is 0. The fourth-order valence-electron chi connectivity index (χ4n) is 2.33. The van der Waals surface area contributed by atoms with Gasteiger partial charge in [-0.1, -0.05) is 6.92 Å². The molecule has 20 heavy (non-hydrogen) atoms. The van der Waals surface area contributed by atoms with E-state index < -0.39 is 0 Å². The molecule has 0 saturated heterocycles. The van der Waals surface area contributed by atoms with Gasteiger partial charge in [-0.3, -0.25) is 4.79 Å². The fraction of sp³-hybridized carbons (Fsp3) is 0.562. The predicted molar refractivity (Wildman–Crippen MR) is 83.6 cm³/mol. The lowest BCUT2D eigenvalue weighted by atomic mass is 10.2. The maximum Gasteiger partial charge on any atom is 0.225 e. The SMILES string of the molecule is CCCN(CCC(=O)Nc1ccc(N)cc1)CC1CC1. The van der Waals surface area contributed by atoms with Gasteiger partial charge in [0.15, 0.2) is 0 Å². The van der Waals surface area contributed by atoms with Crippen molar-refractivity contribution in [2.75, 3.05) is 30.7 Å². The quantitative estimate of drug-likeness (QED) is 0.717. The lowest BCUT2D eigenvalue weighted by Crippen LogP contribution is -2.30. The van der Waals surface area contributed by atoms with E-state index in [-0.39, 0.29) is 5.91 Å². The fourth-order valence-corrected chi connectivity index (χ4v) is 2.33. The van der Waals surface area contributed by atoms with Crippen LogP contribution < -0.4 is 11.1 Å². The molecule has 1 aromatic carbocycles. The summed E-state index contributed by atoms with van der Waals surface area (Å²) in [5.74, 6) is 0.952. The second kappa shape index (κ2) is 7.29. The van der Waals surface area contributed by atoms with Crippen molar-refractivity contribution in [1.82, 2.24) is 4.90 Å². The number of rotatable bonds is 8. The minimum Gasteiger partial charge on any atom is -0.399 e. The minimum atomic E-state index is 0.0756. The summed E-state index contributed by atoms with van der Waals surface area (Å²) in [6, 6.07) is 7.26. The third kappa shape index (κ3) is 5.21. The third-order valence-electron chi connectivity index (χ3n) is 3.60. The molecule has 4 nitrogen and oxygen atoms in total. The first-order chi connectivity index (χ1) is 9.67. The summed E-state index contributed by atoms with van der Waals surface area (Å²) in [6.07, 6.45) is 4.42. The van der Waals surface area contributed by atoms with Crippen LogP contribution in [-0.4, -0.2) is 30.4 Å². The summed E-state index contributed by atoms with van der Waals surface area (Å²) in [5, 5.41) is 2.91. The van der Waals surface area contributed by atoms with Gasteiger partial charge in [0, 0.05) is 30.9 Å². The van der Waals surface area contributed by atoms with Crippen molar-refractivity contribution in [1.29, 1.82) is 0 Å². The number of benzene rings is 1. The highest BCUT2D eigenvalue weighted by Crippen LogP contribution is 2.29. The zero-order chi connectivity index (χ0) is 14.4. The van der Waals surface area contributed by atoms with E-state index in [2.05, 4.69) is 17.1 Å². The number of nitrogens with one attached hydrogen (secondary N) is 1. The van der Waals surface area contributed by atoms with Gasteiger partial charge in [-0.25, -0.2) is 0 Å². The molecule has 1 aliphatic rings. The molecule has 1 aliphatic carbocycles. The van der Waals surface area contributed by atoms with Crippen LogP contribution >= 0.6 is 0 Å². The highest BCUT2D eigenvalue weighted by molar-refractivity contribution is 5.90. The number of carbonyl (C=O) groups is 1. The van der Waals surface area contributed by atoms with Crippen molar-refractivity contribution in [3.05, 3.63) is 24.3 Å². The number of hydrogen-bond acceptors (Lipinski definition) is 3. The van der Waals surface area contributed by atoms with Crippen LogP contribution in [0, 0.1) is 5.92 Å². The molecule has 2 rings (SSSR count). The standard InChI is InChI=1S/C16H25N3O/c1-2-10-19(12-13-3-4-13)11-9-16(20)18-15-7-5-14(17)6-8-15/h5-8,13H,2-4,9-12,17H2,1H3,(H,18,20). The molecule has 0 aromatic heterocycles. The predicted octanol–water partition coefficient (Wildman–Crippen LogP) is 2.72. The number of hydrogen-bond donors (Lipinski definition) is 2. The maximum absolute atomic E-state index is 11.9. The number of amides is 1. The molecule has 0 unspecified atom stereocenters. The van der Waals surface area contributed by atoms with Crippen LogP contribution in [0.25, 0.3) is 0 Å². The Labute approximate surface area is 121 Å². The number of nitrogens with two attached hydrogens (primary N) is 1. The molecule has 1 aromatic rings. The van der Waals surface area contributed by atoms with Gasteiger partial charge in [-0.15, -0.1) is 0 Å². The Morgan fingerprint density at radius 1 is 1.30 bits per heavy atom. The van der Waals surface area contributed by atoms with Crippen molar-refractivity contribution < 1.29 is 4.79 Å². The van der Waals surface area contributed by atoms with E-state index in [1.807, 2.05) is 12.1 Å². The van der Waals surface area contributed by atoms with Gasteiger partial charge >= 0.3 is 0 Å². The van der Waals surface area contributed by atoms with Gasteiger partial charge in [-0.2, -0.15) is 0 Å². The third-order valence-corrected chi connectivity index (χ3v) is 3.60. The average molecular weight is 275 g/mol. The molecule has 0 aliphatic heterocycles. The molecule has 0 bridgehead atoms. The van der Waals surface area contributed by atoms with Crippen molar-refractivity contribution in [3.8, 4) is 0 Å². The first-order valence-corrected chi connectivity index (χ1v) is 7.55. The zero-order valence-corrected chi connectivity index (χ0v) is 12.3. The second-order valence-electron chi connectivity index (χ2n) is 5.66. The van der Waals surface area contributed by atoms with Crippen LogP contribution in [0.2, 0.25) is 0 Å². The monoisotopic (exact) mass is 275 g/mol. The Hall–Kier alpha value is -1.55. The van der Waals surface area contributed by atoms with Crippen LogP contribution in [0.5, 0.6) is 0 Å². The molecule has 0 atom stereocenters. The summed E-state index contributed by atoms with van der Waals surface area (Å²) >= 11 is 0. The Morgan fingerprint density at radius 3 is 2.60 bits per heavy atom. The van der Waals surface area contributed by atoms with E-state index >= 15 is 0 Å². The van der Waals surface area contributed by atoms with Crippen molar-refractivity contribution in [3.63, 3.8) is 0 Å². The van der Waals surface area contributed by atoms with Gasteiger partial charge in [0.25, 0.3) is 0 Å². The molecule has 0 heterocycles. The van der Waals surface area contributed by atoms with Crippen LogP contribution in [0.15, 0.2) is 24.3 Å². The smallest absolute Gasteiger partial charge is 0.225 e. The molecule has 0 spiro atoms. The molecular formula is C16H25N3O. The first kappa shape index (κ1) is 14.9. The van der Waals surface area contributed by atoms with E-state index in [0.29, 0.717) is 12.1 Å². The number of carbonyl (C=O) groups excluding carboxylic acids is 1. The summed E-state index contributed by atoms with van der Waals surface area (Å²) in [4.78, 5) is 14.4. The summed E-state index contributed by atoms with van der Waals surface area (Å²) in [6.45, 7) is 5.29. The number of nitrogens with zero attached hydrogens (tertiary/aromatic N) is 1. The second-order valence-corrected chi connectivity index (χ2v) is 5.66. The lowest BCUT2D eigenvalue weighted by molar-refractivity contribution is -0.116. The van der Waals surface area contributed by atoms with Crippen LogP contribution in [0.3, 0.4) is 0 Å². The van der Waals surface area contributed by atoms with Crippen molar-refractivity contribution >= 4 is 17.3 Å². The highest BCUT2D eigenvalue weighted by atomic mass is 16.1. The molecule has 1 fully saturated rings. The Bertz CT molecular complexity index is 426. The van der Waals surface area contributed by atoms with Gasteiger partial charge in [0.05, 0.1) is 0 Å². The molecule has 1 amide bonds. The lowest BCUT2D eigenvalue weighted by Gasteiger charge is -2.21. The normalized spacial score (nSPS) is 14.5. The van der Waals surface area contributed by atoms with Gasteiger partial charge in [0.2, 0.25) is 5.91 Å². The molecule has 110 valence electrons. The van der Waals surface area contributed by atoms with E-state index in [1.54, 1.807) is 12.1 Å². The highest BCUT2D eigenvalue weighted by Gasteiger charge is 2.24. The Kier molecular flexibility index (Phi) is 5.41. The number of nitrogen functional groups attached to an aromatic ring is 1. The van der Waals surface area contributed by atoms with Crippen LogP contribution in [0.1, 0.15) is 32.6 Å². The Morgan fingerprint density at radius 2 is 2.00 bits per heavy atom. The molecule has 4 heteroatoms. The molecule has 0 radical (unpaired) electrons. The topological polar surface area (TPSA) is 58.4 Å². The molecule has 1 saturated carbocycles. The average Bonchev–Trinajstić information content (AvgIpc) is 3.23. The summed E-state index contributed by atoms with van der Waals surface area (Å²) in [5.41, 5.74) is 7.15. The van der Waals surface area contributed by atoms with Gasteiger partial charge in [0.1, 0.15) is 0 Å². The number of anilines is 2. The van der Waals surface area contributed by atoms with E-state index in [4.69, 9.17) is 5.73 Å². The zero-order valence-electron chi connectivity index (χ0n) is 12.3. The minimum absolute atomic E-state index is 0.0756. The van der Waals surface area contributed by atoms with E-state index in [9.17, 15) is 4.79 Å². The van der Waals surface area contributed by atoms with Crippen LogP contribution in [0.4, 0.5) is 11.4 Å². The van der Waals surface area contributed by atoms with E-state index in [1.165, 1.54) is 12.8 Å². The molecule has 3 N–H and O–H groups in total. The van der Waals surface area contributed by atoms with E-state index in [0.717, 1.165) is 37.7 Å². The Balaban J connectivity index is 1.73. The van der Waals surface area contributed by atoms with Crippen LogP contribution in [-0.2, 0) is 4.79 Å². The molecular weight excluding hydrogens is 250 g/mol. The first-order valence-electron chi connectivity index (χ1n) is 7.55.